The van der Waals surface area contributed by atoms with Gasteiger partial charge in [0.15, 0.2) is 0 Å². The minimum atomic E-state index is 0.561. The van der Waals surface area contributed by atoms with Crippen LogP contribution < -0.4 is 4.74 Å². The lowest BCUT2D eigenvalue weighted by Gasteiger charge is -2.05. The molecule has 0 aliphatic heterocycles. The number of aromatic nitrogens is 2. The molecule has 0 amide bonds. The van der Waals surface area contributed by atoms with Crippen LogP contribution in [0.3, 0.4) is 0 Å². The number of ether oxygens (including phenoxy) is 1. The highest BCUT2D eigenvalue weighted by atomic mass is 16.5. The van der Waals surface area contributed by atoms with Crippen LogP contribution in [0.4, 0.5) is 0 Å². The van der Waals surface area contributed by atoms with E-state index in [-0.39, 0.29) is 0 Å². The number of hydrogen-bond donors (Lipinski definition) is 0. The van der Waals surface area contributed by atoms with E-state index in [1.807, 2.05) is 26.8 Å². The Hall–Kier alpha value is -1.64. The van der Waals surface area contributed by atoms with Crippen molar-refractivity contribution in [3.8, 4) is 5.88 Å². The smallest absolute Gasteiger partial charge is 0.232 e. The van der Waals surface area contributed by atoms with E-state index in [9.17, 15) is 0 Å². The zero-order valence-electron chi connectivity index (χ0n) is 10.5. The van der Waals surface area contributed by atoms with E-state index in [1.165, 1.54) is 5.56 Å². The standard InChI is InChI=1S/C11H12N2O.C2H6/c1-7-4-5-9-11(8(7)2)13-10(14-3)6-12-9;1-2/h4-6H,1-3H3;1-2H3. The fourth-order valence-electron chi connectivity index (χ4n) is 1.39. The first-order valence-electron chi connectivity index (χ1n) is 5.49. The molecular weight excluding hydrogens is 200 g/mol. The number of benzene rings is 1. The predicted octanol–water partition coefficient (Wildman–Crippen LogP) is 3.28. The van der Waals surface area contributed by atoms with Crippen molar-refractivity contribution in [2.45, 2.75) is 27.7 Å². The zero-order chi connectivity index (χ0) is 12.1. The van der Waals surface area contributed by atoms with Gasteiger partial charge in [-0.15, -0.1) is 0 Å². The van der Waals surface area contributed by atoms with Gasteiger partial charge in [0.2, 0.25) is 5.88 Å². The van der Waals surface area contributed by atoms with Gasteiger partial charge in [0.05, 0.1) is 24.3 Å². The molecule has 0 N–H and O–H groups in total. The van der Waals surface area contributed by atoms with E-state index in [1.54, 1.807) is 13.3 Å². The average molecular weight is 218 g/mol. The molecule has 2 aromatic rings. The molecule has 1 heterocycles. The Balaban J connectivity index is 0.000000606. The largest absolute Gasteiger partial charge is 0.480 e. The molecule has 1 aromatic heterocycles. The van der Waals surface area contributed by atoms with Crippen molar-refractivity contribution in [1.82, 2.24) is 9.97 Å². The Morgan fingerprint density at radius 1 is 1.12 bits per heavy atom. The molecule has 3 nitrogen and oxygen atoms in total. The Morgan fingerprint density at radius 2 is 1.81 bits per heavy atom. The van der Waals surface area contributed by atoms with Gasteiger partial charge >= 0.3 is 0 Å². The van der Waals surface area contributed by atoms with Crippen LogP contribution in [0.5, 0.6) is 5.88 Å². The SMILES string of the molecule is CC.COc1cnc2ccc(C)c(C)c2n1. The highest BCUT2D eigenvalue weighted by Gasteiger charge is 2.04. The second-order valence-electron chi connectivity index (χ2n) is 3.29. The number of methoxy groups -OCH3 is 1. The summed E-state index contributed by atoms with van der Waals surface area (Å²) >= 11 is 0. The lowest BCUT2D eigenvalue weighted by molar-refractivity contribution is 0.397. The molecule has 0 fully saturated rings. The third-order valence-corrected chi connectivity index (χ3v) is 2.43. The monoisotopic (exact) mass is 218 g/mol. The van der Waals surface area contributed by atoms with Crippen LogP contribution in [0.1, 0.15) is 25.0 Å². The average Bonchev–Trinajstić information content (AvgIpc) is 2.36. The van der Waals surface area contributed by atoms with E-state index < -0.39 is 0 Å². The molecule has 0 aliphatic carbocycles. The van der Waals surface area contributed by atoms with Crippen LogP contribution in [-0.4, -0.2) is 17.1 Å². The Kier molecular flexibility index (Phi) is 4.23. The van der Waals surface area contributed by atoms with Gasteiger partial charge in [0.1, 0.15) is 0 Å². The van der Waals surface area contributed by atoms with E-state index in [2.05, 4.69) is 23.0 Å². The topological polar surface area (TPSA) is 35.0 Å². The van der Waals surface area contributed by atoms with E-state index in [0.717, 1.165) is 16.6 Å². The van der Waals surface area contributed by atoms with Gasteiger partial charge in [-0.05, 0) is 31.0 Å². The molecular formula is C13H18N2O. The van der Waals surface area contributed by atoms with Crippen molar-refractivity contribution in [2.75, 3.05) is 7.11 Å². The summed E-state index contributed by atoms with van der Waals surface area (Å²) < 4.78 is 5.04. The van der Waals surface area contributed by atoms with E-state index in [4.69, 9.17) is 4.74 Å². The Bertz CT molecular complexity index is 481. The zero-order valence-corrected chi connectivity index (χ0v) is 10.5. The second-order valence-corrected chi connectivity index (χ2v) is 3.29. The second kappa shape index (κ2) is 5.45. The van der Waals surface area contributed by atoms with Crippen LogP contribution in [0.2, 0.25) is 0 Å². The summed E-state index contributed by atoms with van der Waals surface area (Å²) in [4.78, 5) is 8.64. The summed E-state index contributed by atoms with van der Waals surface area (Å²) in [6.07, 6.45) is 1.64. The van der Waals surface area contributed by atoms with Crippen molar-refractivity contribution < 1.29 is 4.74 Å². The number of nitrogens with zero attached hydrogens (tertiary/aromatic N) is 2. The first-order chi connectivity index (χ1) is 7.72. The van der Waals surface area contributed by atoms with Crippen molar-refractivity contribution in [2.24, 2.45) is 0 Å². The highest BCUT2D eigenvalue weighted by molar-refractivity contribution is 5.79. The number of rotatable bonds is 1. The van der Waals surface area contributed by atoms with Gasteiger partial charge in [-0.25, -0.2) is 9.97 Å². The van der Waals surface area contributed by atoms with E-state index in [0.29, 0.717) is 5.88 Å². The number of aryl methyl sites for hydroxylation is 2. The molecule has 0 saturated carbocycles. The summed E-state index contributed by atoms with van der Waals surface area (Å²) in [6.45, 7) is 8.11. The van der Waals surface area contributed by atoms with Gasteiger partial charge in [0.25, 0.3) is 0 Å². The summed E-state index contributed by atoms with van der Waals surface area (Å²) in [5, 5.41) is 0. The van der Waals surface area contributed by atoms with Crippen LogP contribution in [0.15, 0.2) is 18.3 Å². The van der Waals surface area contributed by atoms with Gasteiger partial charge in [-0.1, -0.05) is 19.9 Å². The minimum Gasteiger partial charge on any atom is -0.480 e. The third kappa shape index (κ3) is 2.30. The lowest BCUT2D eigenvalue weighted by atomic mass is 10.1. The quantitative estimate of drug-likeness (QED) is 0.736. The molecule has 0 unspecified atom stereocenters. The van der Waals surface area contributed by atoms with Gasteiger partial charge in [0, 0.05) is 0 Å². The maximum Gasteiger partial charge on any atom is 0.232 e. The fourth-order valence-corrected chi connectivity index (χ4v) is 1.39. The molecule has 0 spiro atoms. The first kappa shape index (κ1) is 12.4. The van der Waals surface area contributed by atoms with Crippen molar-refractivity contribution in [3.05, 3.63) is 29.5 Å². The van der Waals surface area contributed by atoms with E-state index >= 15 is 0 Å². The summed E-state index contributed by atoms with van der Waals surface area (Å²) in [7, 11) is 1.60. The lowest BCUT2D eigenvalue weighted by Crippen LogP contribution is -1.93. The summed E-state index contributed by atoms with van der Waals surface area (Å²) in [6, 6.07) is 4.03. The molecule has 86 valence electrons. The van der Waals surface area contributed by atoms with Gasteiger partial charge in [-0.2, -0.15) is 0 Å². The van der Waals surface area contributed by atoms with Crippen LogP contribution in [0.25, 0.3) is 11.0 Å². The molecule has 0 bridgehead atoms. The minimum absolute atomic E-state index is 0.561. The summed E-state index contributed by atoms with van der Waals surface area (Å²) in [5.74, 6) is 0.561. The third-order valence-electron chi connectivity index (χ3n) is 2.43. The Morgan fingerprint density at radius 3 is 2.44 bits per heavy atom. The number of fused-ring (bicyclic) bond motifs is 1. The number of hydrogen-bond acceptors (Lipinski definition) is 3. The van der Waals surface area contributed by atoms with Gasteiger partial charge in [-0.3, -0.25) is 0 Å². The van der Waals surface area contributed by atoms with Gasteiger partial charge < -0.3 is 4.74 Å². The molecule has 0 aliphatic rings. The predicted molar refractivity (Wildman–Crippen MR) is 66.9 cm³/mol. The van der Waals surface area contributed by atoms with Crippen LogP contribution in [-0.2, 0) is 0 Å². The normalized spacial score (nSPS) is 9.56. The first-order valence-corrected chi connectivity index (χ1v) is 5.49. The maximum atomic E-state index is 5.04. The molecule has 1 aromatic carbocycles. The molecule has 0 saturated heterocycles. The fraction of sp³-hybridized carbons (Fsp3) is 0.385. The van der Waals surface area contributed by atoms with Crippen LogP contribution >= 0.6 is 0 Å². The van der Waals surface area contributed by atoms with Crippen molar-refractivity contribution in [1.29, 1.82) is 0 Å². The molecule has 16 heavy (non-hydrogen) atoms. The summed E-state index contributed by atoms with van der Waals surface area (Å²) in [5.41, 5.74) is 4.22. The van der Waals surface area contributed by atoms with Crippen molar-refractivity contribution >= 4 is 11.0 Å². The molecule has 0 radical (unpaired) electrons. The van der Waals surface area contributed by atoms with Crippen LogP contribution in [0, 0.1) is 13.8 Å². The molecule has 2 rings (SSSR count). The highest BCUT2D eigenvalue weighted by Crippen LogP contribution is 2.19. The Labute approximate surface area is 96.5 Å². The molecule has 0 atom stereocenters. The van der Waals surface area contributed by atoms with Crippen molar-refractivity contribution in [3.63, 3.8) is 0 Å². The molecule has 3 heteroatoms. The maximum absolute atomic E-state index is 5.04.